The van der Waals surface area contributed by atoms with E-state index >= 15 is 0 Å². The Bertz CT molecular complexity index is 1760. The minimum atomic E-state index is -4.24. The molecule has 0 radical (unpaired) electrons. The molecule has 0 aliphatic heterocycles. The number of Topliss-reactive ketones (excluding diaryl/α,β-unsaturated/α-hetero) is 2. The van der Waals surface area contributed by atoms with Crippen molar-refractivity contribution in [1.29, 1.82) is 0 Å². The van der Waals surface area contributed by atoms with Crippen LogP contribution in [0.2, 0.25) is 0 Å². The van der Waals surface area contributed by atoms with E-state index in [9.17, 15) is 18.0 Å². The van der Waals surface area contributed by atoms with Crippen LogP contribution in [0, 0.1) is 0 Å². The Kier molecular flexibility index (Phi) is 9.96. The SMILES string of the molecule is COc1cc(Br)ccc1CN(CC(C)=O)c1ccc(N(CC(C)=O)S(=O)(=O)c2ccc(Br)cc2OC)c2ccccc12. The first-order valence-electron chi connectivity index (χ1n) is 12.9. The minimum Gasteiger partial charge on any atom is -0.496 e. The van der Waals surface area contributed by atoms with Gasteiger partial charge in [-0.15, -0.1) is 0 Å². The number of hydrogen-bond acceptors (Lipinski definition) is 7. The molecule has 4 rings (SSSR count). The van der Waals surface area contributed by atoms with Gasteiger partial charge in [-0.1, -0.05) is 62.2 Å². The van der Waals surface area contributed by atoms with Gasteiger partial charge in [-0.3, -0.25) is 13.9 Å². The highest BCUT2D eigenvalue weighted by atomic mass is 79.9. The fourth-order valence-electron chi connectivity index (χ4n) is 4.79. The highest BCUT2D eigenvalue weighted by Gasteiger charge is 2.31. The van der Waals surface area contributed by atoms with Crippen LogP contribution in [0.1, 0.15) is 19.4 Å². The zero-order valence-corrected chi connectivity index (χ0v) is 27.5. The molecule has 0 heterocycles. The van der Waals surface area contributed by atoms with Gasteiger partial charge in [0.25, 0.3) is 10.0 Å². The fourth-order valence-corrected chi connectivity index (χ4v) is 7.11. The molecule has 0 amide bonds. The summed E-state index contributed by atoms with van der Waals surface area (Å²) in [5.74, 6) is 0.446. The number of carbonyl (C=O) groups excluding carboxylic acids is 2. The first kappa shape index (κ1) is 31.5. The second-order valence-corrected chi connectivity index (χ2v) is 13.3. The van der Waals surface area contributed by atoms with Gasteiger partial charge in [0.15, 0.2) is 0 Å². The number of rotatable bonds is 12. The normalized spacial score (nSPS) is 11.3. The molecule has 0 aliphatic rings. The van der Waals surface area contributed by atoms with Gasteiger partial charge < -0.3 is 14.4 Å². The van der Waals surface area contributed by atoms with Crippen molar-refractivity contribution in [2.45, 2.75) is 25.3 Å². The van der Waals surface area contributed by atoms with Crippen LogP contribution in [-0.4, -0.2) is 47.3 Å². The van der Waals surface area contributed by atoms with Crippen molar-refractivity contribution in [2.24, 2.45) is 0 Å². The van der Waals surface area contributed by atoms with Crippen molar-refractivity contribution >= 4 is 75.6 Å². The quantitative estimate of drug-likeness (QED) is 0.160. The molecule has 8 nitrogen and oxygen atoms in total. The summed E-state index contributed by atoms with van der Waals surface area (Å²) in [5, 5.41) is 1.33. The number of methoxy groups -OCH3 is 2. The molecule has 220 valence electrons. The van der Waals surface area contributed by atoms with Gasteiger partial charge in [-0.2, -0.15) is 0 Å². The molecule has 4 aromatic carbocycles. The molecule has 0 aliphatic carbocycles. The van der Waals surface area contributed by atoms with Crippen LogP contribution in [0.25, 0.3) is 10.8 Å². The smallest absolute Gasteiger partial charge is 0.268 e. The number of fused-ring (bicyclic) bond motifs is 1. The average Bonchev–Trinajstić information content (AvgIpc) is 2.95. The predicted octanol–water partition coefficient (Wildman–Crippen LogP) is 6.76. The molecule has 11 heteroatoms. The lowest BCUT2D eigenvalue weighted by Crippen LogP contribution is -2.35. The maximum Gasteiger partial charge on any atom is 0.268 e. The van der Waals surface area contributed by atoms with Crippen molar-refractivity contribution in [3.05, 3.63) is 87.3 Å². The molecular formula is C31H30Br2N2O6S. The van der Waals surface area contributed by atoms with E-state index in [1.165, 1.54) is 27.0 Å². The maximum atomic E-state index is 14.1. The number of anilines is 2. The van der Waals surface area contributed by atoms with Crippen molar-refractivity contribution < 1.29 is 27.5 Å². The molecule has 0 spiro atoms. The van der Waals surface area contributed by atoms with Gasteiger partial charge in [-0.05, 0) is 56.3 Å². The summed E-state index contributed by atoms with van der Waals surface area (Å²) in [6, 6.07) is 21.1. The van der Waals surface area contributed by atoms with E-state index in [0.717, 1.165) is 25.4 Å². The van der Waals surface area contributed by atoms with E-state index in [-0.39, 0.29) is 35.3 Å². The first-order valence-corrected chi connectivity index (χ1v) is 15.9. The third kappa shape index (κ3) is 6.79. The number of nitrogens with zero attached hydrogens (tertiary/aromatic N) is 2. The molecule has 0 saturated heterocycles. The van der Waals surface area contributed by atoms with Gasteiger partial charge >= 0.3 is 0 Å². The van der Waals surface area contributed by atoms with E-state index < -0.39 is 10.0 Å². The van der Waals surface area contributed by atoms with Crippen LogP contribution >= 0.6 is 31.9 Å². The summed E-state index contributed by atoms with van der Waals surface area (Å²) in [6.07, 6.45) is 0. The minimum absolute atomic E-state index is 0.0395. The number of hydrogen-bond donors (Lipinski definition) is 0. The zero-order valence-electron chi connectivity index (χ0n) is 23.6. The van der Waals surface area contributed by atoms with Crippen LogP contribution in [0.5, 0.6) is 11.5 Å². The maximum absolute atomic E-state index is 14.1. The van der Waals surface area contributed by atoms with Gasteiger partial charge in [0.05, 0.1) is 33.0 Å². The van der Waals surface area contributed by atoms with Crippen LogP contribution in [0.15, 0.2) is 86.6 Å². The van der Waals surface area contributed by atoms with E-state index in [1.54, 1.807) is 31.4 Å². The van der Waals surface area contributed by atoms with Crippen molar-refractivity contribution in [1.82, 2.24) is 0 Å². The summed E-state index contributed by atoms with van der Waals surface area (Å²) in [5.41, 5.74) is 1.94. The number of benzene rings is 4. The number of ketones is 2. The molecular weight excluding hydrogens is 688 g/mol. The topological polar surface area (TPSA) is 93.2 Å². The van der Waals surface area contributed by atoms with Crippen molar-refractivity contribution in [3.8, 4) is 11.5 Å². The molecule has 0 bridgehead atoms. The van der Waals surface area contributed by atoms with E-state index in [4.69, 9.17) is 9.47 Å². The first-order chi connectivity index (χ1) is 20.0. The molecule has 0 saturated carbocycles. The summed E-state index contributed by atoms with van der Waals surface area (Å²) < 4.78 is 41.8. The Morgan fingerprint density at radius 3 is 1.88 bits per heavy atom. The Morgan fingerprint density at radius 1 is 0.738 bits per heavy atom. The average molecular weight is 718 g/mol. The Labute approximate surface area is 262 Å². The van der Waals surface area contributed by atoms with Crippen molar-refractivity contribution in [3.63, 3.8) is 0 Å². The molecule has 0 atom stereocenters. The highest BCUT2D eigenvalue weighted by molar-refractivity contribution is 9.10. The van der Waals surface area contributed by atoms with Gasteiger partial charge in [-0.25, -0.2) is 8.42 Å². The fraction of sp³-hybridized carbons (Fsp3) is 0.226. The Hall–Kier alpha value is -3.41. The van der Waals surface area contributed by atoms with Gasteiger partial charge in [0.2, 0.25) is 0 Å². The lowest BCUT2D eigenvalue weighted by Gasteiger charge is -2.29. The van der Waals surface area contributed by atoms with E-state index in [2.05, 4.69) is 31.9 Å². The molecule has 0 N–H and O–H groups in total. The van der Waals surface area contributed by atoms with E-state index in [1.807, 2.05) is 47.4 Å². The Morgan fingerprint density at radius 2 is 1.29 bits per heavy atom. The van der Waals surface area contributed by atoms with Crippen molar-refractivity contribution in [2.75, 3.05) is 36.5 Å². The number of halogens is 2. The summed E-state index contributed by atoms with van der Waals surface area (Å²) in [7, 11) is -1.25. The third-order valence-electron chi connectivity index (χ3n) is 6.57. The number of ether oxygens (including phenoxy) is 2. The molecule has 0 aromatic heterocycles. The van der Waals surface area contributed by atoms with Gasteiger partial charge in [0, 0.05) is 37.5 Å². The zero-order chi connectivity index (χ0) is 30.6. The molecule has 4 aromatic rings. The highest BCUT2D eigenvalue weighted by Crippen LogP contribution is 2.39. The second kappa shape index (κ2) is 13.3. The van der Waals surface area contributed by atoms with E-state index in [0.29, 0.717) is 27.8 Å². The Balaban J connectivity index is 1.90. The second-order valence-electron chi connectivity index (χ2n) is 9.67. The number of carbonyl (C=O) groups is 2. The molecule has 42 heavy (non-hydrogen) atoms. The standard InChI is InChI=1S/C31H30Br2N2O6S/c1-20(36)17-34(19-22-9-10-23(32)15-29(22)40-3)27-12-13-28(26-8-6-5-7-25(26)27)35(18-21(2)37)42(38,39)31-14-11-24(33)16-30(31)41-4/h5-16H,17-19H2,1-4H3. The number of sulfonamides is 1. The predicted molar refractivity (Wildman–Crippen MR) is 172 cm³/mol. The molecule has 0 unspecified atom stereocenters. The summed E-state index contributed by atoms with van der Waals surface area (Å²) >= 11 is 6.82. The van der Waals surface area contributed by atoms with Crippen LogP contribution in [-0.2, 0) is 26.2 Å². The summed E-state index contributed by atoms with van der Waals surface area (Å²) in [6.45, 7) is 2.98. The van der Waals surface area contributed by atoms with Crippen LogP contribution < -0.4 is 18.7 Å². The summed E-state index contributed by atoms with van der Waals surface area (Å²) in [4.78, 5) is 26.7. The third-order valence-corrected chi connectivity index (χ3v) is 9.36. The lowest BCUT2D eigenvalue weighted by atomic mass is 10.0. The largest absolute Gasteiger partial charge is 0.496 e. The van der Waals surface area contributed by atoms with Gasteiger partial charge in [0.1, 0.15) is 28.0 Å². The molecule has 0 fully saturated rings. The lowest BCUT2D eigenvalue weighted by molar-refractivity contribution is -0.116. The van der Waals surface area contributed by atoms with Crippen LogP contribution in [0.4, 0.5) is 11.4 Å². The monoisotopic (exact) mass is 716 g/mol. The van der Waals surface area contributed by atoms with Crippen LogP contribution in [0.3, 0.4) is 0 Å².